The van der Waals surface area contributed by atoms with Gasteiger partial charge in [0.15, 0.2) is 0 Å². The summed E-state index contributed by atoms with van der Waals surface area (Å²) in [5, 5.41) is 6.53. The molecule has 2 aromatic heterocycles. The SMILES string of the molecule is c1ccc(N(c2ccccc2)c2ccc3oc4cc(N(c5ccccc5)c5cc6c7ccccc7oc6c6ccccc56)ccc4c3c2)cc1. The van der Waals surface area contributed by atoms with Crippen LogP contribution in [0.25, 0.3) is 54.6 Å². The van der Waals surface area contributed by atoms with E-state index in [2.05, 4.69) is 168 Å². The Hall–Kier alpha value is -6.78. The quantitative estimate of drug-likeness (QED) is 0.181. The molecule has 0 N–H and O–H groups in total. The maximum absolute atomic E-state index is 6.60. The normalized spacial score (nSPS) is 11.6. The van der Waals surface area contributed by atoms with Crippen molar-refractivity contribution in [2.75, 3.05) is 9.80 Å². The first-order valence-electron chi connectivity index (χ1n) is 16.8. The van der Waals surface area contributed by atoms with Gasteiger partial charge < -0.3 is 18.6 Å². The summed E-state index contributed by atoms with van der Waals surface area (Å²) in [6.45, 7) is 0. The van der Waals surface area contributed by atoms with E-state index in [0.29, 0.717) is 0 Å². The highest BCUT2D eigenvalue weighted by Gasteiger charge is 2.21. The summed E-state index contributed by atoms with van der Waals surface area (Å²) < 4.78 is 13.1. The molecule has 8 aromatic carbocycles. The zero-order valence-electron chi connectivity index (χ0n) is 27.0. The minimum Gasteiger partial charge on any atom is -0.456 e. The summed E-state index contributed by atoms with van der Waals surface area (Å²) in [6.07, 6.45) is 0. The van der Waals surface area contributed by atoms with Crippen LogP contribution in [0.15, 0.2) is 191 Å². The van der Waals surface area contributed by atoms with Crippen molar-refractivity contribution in [1.82, 2.24) is 0 Å². The van der Waals surface area contributed by atoms with Crippen LogP contribution in [0.1, 0.15) is 0 Å². The topological polar surface area (TPSA) is 32.8 Å². The number of furan rings is 2. The molecule has 0 unspecified atom stereocenters. The third kappa shape index (κ3) is 4.54. The molecule has 0 radical (unpaired) electrons. The molecule has 0 saturated heterocycles. The van der Waals surface area contributed by atoms with Crippen LogP contribution in [0.3, 0.4) is 0 Å². The molecule has 0 bridgehead atoms. The monoisotopic (exact) mass is 642 g/mol. The highest BCUT2D eigenvalue weighted by molar-refractivity contribution is 6.20. The second kappa shape index (κ2) is 11.4. The molecule has 4 nitrogen and oxygen atoms in total. The van der Waals surface area contributed by atoms with Crippen LogP contribution in [0.2, 0.25) is 0 Å². The Morgan fingerprint density at radius 3 is 1.50 bits per heavy atom. The summed E-state index contributed by atoms with van der Waals surface area (Å²) in [6, 6.07) is 63.6. The zero-order chi connectivity index (χ0) is 33.0. The third-order valence-electron chi connectivity index (χ3n) is 9.60. The smallest absolute Gasteiger partial charge is 0.143 e. The maximum Gasteiger partial charge on any atom is 0.143 e. The Kier molecular flexibility index (Phi) is 6.46. The van der Waals surface area contributed by atoms with Gasteiger partial charge in [-0.25, -0.2) is 0 Å². The predicted octanol–water partition coefficient (Wildman–Crippen LogP) is 13.6. The molecule has 236 valence electrons. The van der Waals surface area contributed by atoms with E-state index >= 15 is 0 Å². The van der Waals surface area contributed by atoms with Crippen LogP contribution in [-0.2, 0) is 0 Å². The molecule has 0 aliphatic carbocycles. The Morgan fingerprint density at radius 2 is 0.800 bits per heavy atom. The van der Waals surface area contributed by atoms with Gasteiger partial charge >= 0.3 is 0 Å². The van der Waals surface area contributed by atoms with Gasteiger partial charge in [-0.2, -0.15) is 0 Å². The van der Waals surface area contributed by atoms with Crippen LogP contribution in [-0.4, -0.2) is 0 Å². The Bertz CT molecular complexity index is 2780. The van der Waals surface area contributed by atoms with E-state index in [-0.39, 0.29) is 0 Å². The molecule has 50 heavy (non-hydrogen) atoms. The lowest BCUT2D eigenvalue weighted by Crippen LogP contribution is -2.10. The minimum atomic E-state index is 0.834. The molecule has 0 amide bonds. The summed E-state index contributed by atoms with van der Waals surface area (Å²) in [5.74, 6) is 0. The van der Waals surface area contributed by atoms with Gasteiger partial charge in [0.2, 0.25) is 0 Å². The summed E-state index contributed by atoms with van der Waals surface area (Å²) in [4.78, 5) is 4.61. The van der Waals surface area contributed by atoms with Crippen molar-refractivity contribution in [2.45, 2.75) is 0 Å². The van der Waals surface area contributed by atoms with E-state index in [0.717, 1.165) is 88.8 Å². The van der Waals surface area contributed by atoms with Crippen molar-refractivity contribution in [3.05, 3.63) is 182 Å². The number of rotatable bonds is 6. The van der Waals surface area contributed by atoms with Crippen molar-refractivity contribution in [3.63, 3.8) is 0 Å². The van der Waals surface area contributed by atoms with Gasteiger partial charge in [0, 0.05) is 66.8 Å². The van der Waals surface area contributed by atoms with E-state index in [4.69, 9.17) is 8.83 Å². The molecule has 10 rings (SSSR count). The number of benzene rings is 8. The molecule has 4 heteroatoms. The van der Waals surface area contributed by atoms with Gasteiger partial charge in [0.1, 0.15) is 22.3 Å². The largest absolute Gasteiger partial charge is 0.456 e. The molecule has 0 spiro atoms. The minimum absolute atomic E-state index is 0.834. The molecule has 10 aromatic rings. The number of fused-ring (bicyclic) bond motifs is 8. The number of para-hydroxylation sites is 4. The number of hydrogen-bond donors (Lipinski definition) is 0. The van der Waals surface area contributed by atoms with E-state index in [1.807, 2.05) is 24.3 Å². The standard InChI is InChI=1S/C46H30N2O2/c1-4-14-31(15-5-1)47(32-16-6-2-7-17-32)34-25-27-44-40(28-34)38-26-24-35(29-45(38)49-44)48(33-18-8-3-9-19-33)42-30-41-37-21-12-13-23-43(37)50-46(41)39-22-11-10-20-36(39)42/h1-30H. The van der Waals surface area contributed by atoms with E-state index < -0.39 is 0 Å². The lowest BCUT2D eigenvalue weighted by molar-refractivity contribution is 0.669. The van der Waals surface area contributed by atoms with Crippen LogP contribution in [0, 0.1) is 0 Å². The van der Waals surface area contributed by atoms with Crippen molar-refractivity contribution in [3.8, 4) is 0 Å². The summed E-state index contributed by atoms with van der Waals surface area (Å²) in [5.41, 5.74) is 9.89. The first kappa shape index (κ1) is 28.3. The fraction of sp³-hybridized carbons (Fsp3) is 0. The Labute approximate surface area is 288 Å². The molecule has 0 fully saturated rings. The molecule has 0 aliphatic heterocycles. The highest BCUT2D eigenvalue weighted by atomic mass is 16.3. The van der Waals surface area contributed by atoms with E-state index in [9.17, 15) is 0 Å². The van der Waals surface area contributed by atoms with Gasteiger partial charge in [0.25, 0.3) is 0 Å². The van der Waals surface area contributed by atoms with Gasteiger partial charge in [0.05, 0.1) is 5.69 Å². The molecule has 0 saturated carbocycles. The predicted molar refractivity (Wildman–Crippen MR) is 208 cm³/mol. The van der Waals surface area contributed by atoms with E-state index in [1.165, 1.54) is 0 Å². The van der Waals surface area contributed by atoms with Crippen molar-refractivity contribution >= 4 is 88.8 Å². The van der Waals surface area contributed by atoms with Crippen LogP contribution in [0.4, 0.5) is 34.1 Å². The number of hydrogen-bond acceptors (Lipinski definition) is 4. The summed E-state index contributed by atoms with van der Waals surface area (Å²) >= 11 is 0. The second-order valence-corrected chi connectivity index (χ2v) is 12.6. The van der Waals surface area contributed by atoms with E-state index in [1.54, 1.807) is 0 Å². The summed E-state index contributed by atoms with van der Waals surface area (Å²) in [7, 11) is 0. The number of nitrogens with zero attached hydrogens (tertiary/aromatic N) is 2. The fourth-order valence-electron chi connectivity index (χ4n) is 7.35. The van der Waals surface area contributed by atoms with Gasteiger partial charge in [-0.3, -0.25) is 0 Å². The Balaban J connectivity index is 1.16. The van der Waals surface area contributed by atoms with Crippen molar-refractivity contribution in [2.24, 2.45) is 0 Å². The van der Waals surface area contributed by atoms with Crippen LogP contribution >= 0.6 is 0 Å². The van der Waals surface area contributed by atoms with Crippen LogP contribution in [0.5, 0.6) is 0 Å². The fourth-order valence-corrected chi connectivity index (χ4v) is 7.35. The highest BCUT2D eigenvalue weighted by Crippen LogP contribution is 2.46. The lowest BCUT2D eigenvalue weighted by atomic mass is 10.0. The maximum atomic E-state index is 6.60. The second-order valence-electron chi connectivity index (χ2n) is 12.6. The molecular weight excluding hydrogens is 613 g/mol. The average molecular weight is 643 g/mol. The molecule has 0 aliphatic rings. The third-order valence-corrected chi connectivity index (χ3v) is 9.60. The van der Waals surface area contributed by atoms with Gasteiger partial charge in [-0.15, -0.1) is 0 Å². The van der Waals surface area contributed by atoms with Gasteiger partial charge in [-0.05, 0) is 78.9 Å². The Morgan fingerprint density at radius 1 is 0.280 bits per heavy atom. The molecular formula is C46H30N2O2. The van der Waals surface area contributed by atoms with Gasteiger partial charge in [-0.1, -0.05) is 97.1 Å². The first-order chi connectivity index (χ1) is 24.8. The van der Waals surface area contributed by atoms with Crippen molar-refractivity contribution in [1.29, 1.82) is 0 Å². The molecule has 2 heterocycles. The first-order valence-corrected chi connectivity index (χ1v) is 16.8. The zero-order valence-corrected chi connectivity index (χ0v) is 27.0. The number of anilines is 6. The van der Waals surface area contributed by atoms with Crippen molar-refractivity contribution < 1.29 is 8.83 Å². The van der Waals surface area contributed by atoms with Crippen LogP contribution < -0.4 is 9.80 Å². The molecule has 0 atom stereocenters. The average Bonchev–Trinajstić information content (AvgIpc) is 3.74. The lowest BCUT2D eigenvalue weighted by Gasteiger charge is -2.27.